The zero-order chi connectivity index (χ0) is 15.5. The molecule has 0 spiro atoms. The fourth-order valence-corrected chi connectivity index (χ4v) is 3.14. The molecule has 2 rings (SSSR count). The summed E-state index contributed by atoms with van der Waals surface area (Å²) >= 11 is 0. The summed E-state index contributed by atoms with van der Waals surface area (Å²) in [5, 5.41) is 7.45. The van der Waals surface area contributed by atoms with Gasteiger partial charge in [-0.2, -0.15) is 9.61 Å². The first-order chi connectivity index (χ1) is 9.91. The molecule has 0 aliphatic carbocycles. The molecule has 2 heterocycles. The van der Waals surface area contributed by atoms with Crippen molar-refractivity contribution in [3.63, 3.8) is 0 Å². The van der Waals surface area contributed by atoms with Crippen LogP contribution in [0.4, 0.5) is 5.82 Å². The highest BCUT2D eigenvalue weighted by molar-refractivity contribution is 7.88. The third kappa shape index (κ3) is 3.92. The molecule has 21 heavy (non-hydrogen) atoms. The summed E-state index contributed by atoms with van der Waals surface area (Å²) in [6.07, 6.45) is 3.48. The van der Waals surface area contributed by atoms with E-state index < -0.39 is 10.0 Å². The van der Waals surface area contributed by atoms with Gasteiger partial charge in [0.1, 0.15) is 12.1 Å². The minimum Gasteiger partial charge on any atom is -0.370 e. The van der Waals surface area contributed by atoms with Crippen molar-refractivity contribution >= 4 is 21.5 Å². The number of anilines is 1. The van der Waals surface area contributed by atoms with Crippen LogP contribution in [0.25, 0.3) is 5.65 Å². The second-order valence-electron chi connectivity index (χ2n) is 4.98. The summed E-state index contributed by atoms with van der Waals surface area (Å²) in [6.45, 7) is 5.52. The van der Waals surface area contributed by atoms with Gasteiger partial charge in [0.25, 0.3) is 0 Å². The second-order valence-corrected chi connectivity index (χ2v) is 6.97. The summed E-state index contributed by atoms with van der Waals surface area (Å²) < 4.78 is 26.2. The molecule has 0 saturated heterocycles. The average molecular weight is 311 g/mol. The van der Waals surface area contributed by atoms with E-state index >= 15 is 0 Å². The number of aromatic nitrogens is 3. The molecule has 0 radical (unpaired) electrons. The molecule has 0 fully saturated rings. The Morgan fingerprint density at radius 3 is 2.81 bits per heavy atom. The van der Waals surface area contributed by atoms with E-state index in [4.69, 9.17) is 0 Å². The third-order valence-corrected chi connectivity index (χ3v) is 4.61. The summed E-state index contributed by atoms with van der Waals surface area (Å²) in [5.41, 5.74) is 1.90. The lowest BCUT2D eigenvalue weighted by molar-refractivity contribution is 0.428. The molecule has 116 valence electrons. The topological polar surface area (TPSA) is 79.6 Å². The highest BCUT2D eigenvalue weighted by atomic mass is 32.2. The molecule has 8 heteroatoms. The summed E-state index contributed by atoms with van der Waals surface area (Å²) in [7, 11) is -3.11. The molecule has 1 N–H and O–H groups in total. The second kappa shape index (κ2) is 6.40. The fourth-order valence-electron chi connectivity index (χ4n) is 2.21. The first kappa shape index (κ1) is 15.7. The number of nitrogens with zero attached hydrogens (tertiary/aromatic N) is 4. The molecular weight excluding hydrogens is 290 g/mol. The number of pyridine rings is 1. The van der Waals surface area contributed by atoms with Crippen LogP contribution in [-0.2, 0) is 10.0 Å². The van der Waals surface area contributed by atoms with Crippen molar-refractivity contribution in [2.45, 2.75) is 20.3 Å². The summed E-state index contributed by atoms with van der Waals surface area (Å²) in [6, 6.07) is 3.95. The van der Waals surface area contributed by atoms with E-state index in [9.17, 15) is 8.42 Å². The van der Waals surface area contributed by atoms with Gasteiger partial charge in [-0.1, -0.05) is 6.92 Å². The highest BCUT2D eigenvalue weighted by Gasteiger charge is 2.13. The zero-order valence-electron chi connectivity index (χ0n) is 12.6. The molecule has 2 aromatic heterocycles. The number of nitrogens with one attached hydrogen (secondary N) is 1. The van der Waals surface area contributed by atoms with Crippen LogP contribution in [0.3, 0.4) is 0 Å². The van der Waals surface area contributed by atoms with Crippen molar-refractivity contribution in [3.05, 3.63) is 24.0 Å². The molecule has 0 aliphatic rings. The van der Waals surface area contributed by atoms with Gasteiger partial charge < -0.3 is 5.32 Å². The smallest absolute Gasteiger partial charge is 0.211 e. The maximum Gasteiger partial charge on any atom is 0.211 e. The molecule has 0 aliphatic heterocycles. The Balaban J connectivity index is 1.95. The number of aryl methyl sites for hydroxylation is 1. The van der Waals surface area contributed by atoms with Crippen LogP contribution in [0.2, 0.25) is 0 Å². The van der Waals surface area contributed by atoms with Crippen molar-refractivity contribution < 1.29 is 8.42 Å². The SMILES string of the molecule is CCN(CCCNc1cc(C)cc2ncnn12)S(C)(=O)=O. The molecule has 0 amide bonds. The minimum atomic E-state index is -3.11. The average Bonchev–Trinajstić information content (AvgIpc) is 2.84. The quantitative estimate of drug-likeness (QED) is 0.775. The van der Waals surface area contributed by atoms with E-state index in [1.807, 2.05) is 26.0 Å². The maximum absolute atomic E-state index is 11.5. The molecule has 0 aromatic carbocycles. The lowest BCUT2D eigenvalue weighted by Crippen LogP contribution is -2.31. The fraction of sp³-hybridized carbons (Fsp3) is 0.538. The van der Waals surface area contributed by atoms with Crippen LogP contribution in [0.15, 0.2) is 18.5 Å². The van der Waals surface area contributed by atoms with Crippen molar-refractivity contribution in [2.24, 2.45) is 0 Å². The van der Waals surface area contributed by atoms with Crippen LogP contribution in [-0.4, -0.2) is 53.2 Å². The molecule has 0 unspecified atom stereocenters. The number of hydrogen-bond donors (Lipinski definition) is 1. The standard InChI is InChI=1S/C13H21N5O2S/c1-4-17(21(3,19)20)7-5-6-14-12-8-11(2)9-13-15-10-16-18(12)13/h8-10,14H,4-7H2,1-3H3. The lowest BCUT2D eigenvalue weighted by atomic mass is 10.3. The van der Waals surface area contributed by atoms with Crippen molar-refractivity contribution in [2.75, 3.05) is 31.2 Å². The minimum absolute atomic E-state index is 0.497. The van der Waals surface area contributed by atoms with E-state index in [2.05, 4.69) is 15.4 Å². The third-order valence-electron chi connectivity index (χ3n) is 3.24. The van der Waals surface area contributed by atoms with Gasteiger partial charge in [-0.25, -0.2) is 17.7 Å². The summed E-state index contributed by atoms with van der Waals surface area (Å²) in [4.78, 5) is 4.17. The van der Waals surface area contributed by atoms with Gasteiger partial charge >= 0.3 is 0 Å². The molecular formula is C13H21N5O2S. The Morgan fingerprint density at radius 2 is 2.14 bits per heavy atom. The Labute approximate surface area is 125 Å². The first-order valence-corrected chi connectivity index (χ1v) is 8.76. The normalized spacial score (nSPS) is 12.2. The molecule has 0 atom stereocenters. The highest BCUT2D eigenvalue weighted by Crippen LogP contribution is 2.13. The predicted octanol–water partition coefficient (Wildman–Crippen LogP) is 1.12. The van der Waals surface area contributed by atoms with Gasteiger partial charge in [0.05, 0.1) is 6.26 Å². The lowest BCUT2D eigenvalue weighted by Gasteiger charge is -2.18. The Bertz CT molecular complexity index is 710. The van der Waals surface area contributed by atoms with E-state index in [1.54, 1.807) is 4.52 Å². The van der Waals surface area contributed by atoms with Gasteiger partial charge in [0.15, 0.2) is 5.65 Å². The van der Waals surface area contributed by atoms with Crippen LogP contribution in [0.1, 0.15) is 18.9 Å². The molecule has 0 saturated carbocycles. The Kier molecular flexibility index (Phi) is 4.79. The van der Waals surface area contributed by atoms with Gasteiger partial charge in [0, 0.05) is 19.6 Å². The van der Waals surface area contributed by atoms with Gasteiger partial charge in [-0.15, -0.1) is 0 Å². The molecule has 0 bridgehead atoms. The largest absolute Gasteiger partial charge is 0.370 e. The van der Waals surface area contributed by atoms with Crippen LogP contribution < -0.4 is 5.32 Å². The van der Waals surface area contributed by atoms with E-state index in [0.717, 1.165) is 23.4 Å². The van der Waals surface area contributed by atoms with E-state index in [1.165, 1.54) is 16.9 Å². The van der Waals surface area contributed by atoms with Crippen LogP contribution >= 0.6 is 0 Å². The van der Waals surface area contributed by atoms with Crippen LogP contribution in [0, 0.1) is 6.92 Å². The maximum atomic E-state index is 11.5. The number of hydrogen-bond acceptors (Lipinski definition) is 5. The van der Waals surface area contributed by atoms with Gasteiger partial charge in [-0.05, 0) is 31.0 Å². The van der Waals surface area contributed by atoms with Crippen LogP contribution in [0.5, 0.6) is 0 Å². The molecule has 2 aromatic rings. The van der Waals surface area contributed by atoms with Crippen molar-refractivity contribution in [1.82, 2.24) is 18.9 Å². The predicted molar refractivity (Wildman–Crippen MR) is 82.9 cm³/mol. The Hall–Kier alpha value is -1.67. The molecule has 7 nitrogen and oxygen atoms in total. The van der Waals surface area contributed by atoms with Gasteiger partial charge in [-0.3, -0.25) is 0 Å². The van der Waals surface area contributed by atoms with E-state index in [0.29, 0.717) is 19.6 Å². The monoisotopic (exact) mass is 311 g/mol. The van der Waals surface area contributed by atoms with Gasteiger partial charge in [0.2, 0.25) is 10.0 Å². The Morgan fingerprint density at radius 1 is 1.38 bits per heavy atom. The zero-order valence-corrected chi connectivity index (χ0v) is 13.4. The van der Waals surface area contributed by atoms with Crippen molar-refractivity contribution in [3.8, 4) is 0 Å². The number of fused-ring (bicyclic) bond motifs is 1. The number of rotatable bonds is 7. The number of sulfonamides is 1. The van der Waals surface area contributed by atoms with E-state index in [-0.39, 0.29) is 0 Å². The summed E-state index contributed by atoms with van der Waals surface area (Å²) in [5.74, 6) is 0.866. The van der Waals surface area contributed by atoms with Crippen molar-refractivity contribution in [1.29, 1.82) is 0 Å². The first-order valence-electron chi connectivity index (χ1n) is 6.91.